The second-order valence-corrected chi connectivity index (χ2v) is 7.68. The van der Waals surface area contributed by atoms with Crippen molar-refractivity contribution >= 4 is 27.7 Å². The van der Waals surface area contributed by atoms with Crippen LogP contribution in [-0.4, -0.2) is 35.8 Å². The van der Waals surface area contributed by atoms with Crippen LogP contribution in [-0.2, 0) is 6.18 Å². The average molecular weight is 473 g/mol. The smallest absolute Gasteiger partial charge is 0.348 e. The molecule has 0 aliphatic carbocycles. The summed E-state index contributed by atoms with van der Waals surface area (Å²) >= 11 is 3.21. The van der Waals surface area contributed by atoms with Gasteiger partial charge in [0.1, 0.15) is 5.82 Å². The Morgan fingerprint density at radius 1 is 1.10 bits per heavy atom. The fraction of sp³-hybridized carbons (Fsp3) is 0.300. The molecule has 1 fully saturated rings. The number of benzene rings is 2. The number of carbonyl (C=O) groups excluding carboxylic acids is 2. The standard InChI is InChI=1S/C20H17BrF4N2O2/c21-14-7-8-17(22)16(10-14)19(29)27-9-1-2-15(11-27)26-18(28)12-3-5-13(6-4-12)20(23,24)25/h3-8,10,15H,1-2,9,11H2,(H,26,28). The van der Waals surface area contributed by atoms with E-state index in [2.05, 4.69) is 21.2 Å². The van der Waals surface area contributed by atoms with Gasteiger partial charge in [0.05, 0.1) is 11.1 Å². The molecule has 1 aliphatic heterocycles. The van der Waals surface area contributed by atoms with Gasteiger partial charge in [-0.25, -0.2) is 4.39 Å². The van der Waals surface area contributed by atoms with Crippen LogP contribution in [0.3, 0.4) is 0 Å². The Morgan fingerprint density at radius 2 is 1.79 bits per heavy atom. The van der Waals surface area contributed by atoms with Crippen molar-refractivity contribution in [3.8, 4) is 0 Å². The highest BCUT2D eigenvalue weighted by Gasteiger charge is 2.31. The van der Waals surface area contributed by atoms with Gasteiger partial charge in [-0.2, -0.15) is 13.2 Å². The van der Waals surface area contributed by atoms with E-state index < -0.39 is 29.4 Å². The molecule has 4 nitrogen and oxygen atoms in total. The van der Waals surface area contributed by atoms with Crippen molar-refractivity contribution in [2.24, 2.45) is 0 Å². The van der Waals surface area contributed by atoms with E-state index in [9.17, 15) is 27.2 Å². The first-order valence-electron chi connectivity index (χ1n) is 8.87. The largest absolute Gasteiger partial charge is 0.416 e. The van der Waals surface area contributed by atoms with Gasteiger partial charge < -0.3 is 10.2 Å². The first kappa shape index (κ1) is 21.3. The maximum absolute atomic E-state index is 14.0. The molecule has 1 unspecified atom stereocenters. The van der Waals surface area contributed by atoms with Gasteiger partial charge >= 0.3 is 6.18 Å². The number of rotatable bonds is 3. The van der Waals surface area contributed by atoms with Crippen LogP contribution in [0.15, 0.2) is 46.9 Å². The van der Waals surface area contributed by atoms with Crippen molar-refractivity contribution < 1.29 is 27.2 Å². The molecule has 29 heavy (non-hydrogen) atoms. The molecular formula is C20H17BrF4N2O2. The lowest BCUT2D eigenvalue weighted by Crippen LogP contribution is -2.49. The molecule has 2 amide bonds. The molecule has 9 heteroatoms. The van der Waals surface area contributed by atoms with Crippen LogP contribution in [0.5, 0.6) is 0 Å². The molecule has 0 aromatic heterocycles. The molecule has 1 atom stereocenters. The number of likely N-dealkylation sites (tertiary alicyclic amines) is 1. The summed E-state index contributed by atoms with van der Waals surface area (Å²) in [5.74, 6) is -1.63. The molecule has 1 aliphatic rings. The molecule has 0 saturated carbocycles. The van der Waals surface area contributed by atoms with Gasteiger partial charge in [0.15, 0.2) is 0 Å². The van der Waals surface area contributed by atoms with E-state index in [0.29, 0.717) is 23.9 Å². The van der Waals surface area contributed by atoms with Gasteiger partial charge in [0.2, 0.25) is 0 Å². The highest BCUT2D eigenvalue weighted by molar-refractivity contribution is 9.10. The monoisotopic (exact) mass is 472 g/mol. The topological polar surface area (TPSA) is 49.4 Å². The fourth-order valence-electron chi connectivity index (χ4n) is 3.19. The van der Waals surface area contributed by atoms with Crippen LogP contribution in [0.25, 0.3) is 0 Å². The molecular weight excluding hydrogens is 456 g/mol. The second-order valence-electron chi connectivity index (χ2n) is 6.76. The number of halogens is 5. The molecule has 0 spiro atoms. The van der Waals surface area contributed by atoms with Crippen molar-refractivity contribution in [1.82, 2.24) is 10.2 Å². The summed E-state index contributed by atoms with van der Waals surface area (Å²) < 4.78 is 52.5. The zero-order chi connectivity index (χ0) is 21.2. The average Bonchev–Trinajstić information content (AvgIpc) is 2.69. The summed E-state index contributed by atoms with van der Waals surface area (Å²) in [4.78, 5) is 26.5. The van der Waals surface area contributed by atoms with E-state index in [1.54, 1.807) is 0 Å². The van der Waals surface area contributed by atoms with Crippen LogP contribution >= 0.6 is 15.9 Å². The summed E-state index contributed by atoms with van der Waals surface area (Å²) in [6.07, 6.45) is -3.25. The summed E-state index contributed by atoms with van der Waals surface area (Å²) in [5.41, 5.74) is -0.798. The molecule has 1 saturated heterocycles. The van der Waals surface area contributed by atoms with Crippen molar-refractivity contribution in [3.63, 3.8) is 0 Å². The van der Waals surface area contributed by atoms with E-state index in [-0.39, 0.29) is 23.7 Å². The summed E-state index contributed by atoms with van der Waals surface area (Å²) in [6.45, 7) is 0.620. The van der Waals surface area contributed by atoms with Crippen LogP contribution < -0.4 is 5.32 Å². The Bertz CT molecular complexity index is 916. The minimum Gasteiger partial charge on any atom is -0.348 e. The first-order valence-corrected chi connectivity index (χ1v) is 9.67. The van der Waals surface area contributed by atoms with Gasteiger partial charge in [-0.1, -0.05) is 15.9 Å². The SMILES string of the molecule is O=C(NC1CCCN(C(=O)c2cc(Br)ccc2F)C1)c1ccc(C(F)(F)F)cc1. The number of nitrogens with zero attached hydrogens (tertiary/aromatic N) is 1. The maximum atomic E-state index is 14.0. The van der Waals surface area contributed by atoms with Gasteiger partial charge in [-0.15, -0.1) is 0 Å². The molecule has 3 rings (SSSR count). The second kappa shape index (κ2) is 8.52. The minimum absolute atomic E-state index is 0.0610. The van der Waals surface area contributed by atoms with E-state index in [1.165, 1.54) is 23.1 Å². The summed E-state index contributed by atoms with van der Waals surface area (Å²) in [5, 5.41) is 2.74. The fourth-order valence-corrected chi connectivity index (χ4v) is 3.55. The Kier molecular flexibility index (Phi) is 6.26. The quantitative estimate of drug-likeness (QED) is 0.661. The number of carbonyl (C=O) groups is 2. The molecule has 1 heterocycles. The summed E-state index contributed by atoms with van der Waals surface area (Å²) in [6, 6.07) is 7.64. The van der Waals surface area contributed by atoms with Crippen molar-refractivity contribution in [1.29, 1.82) is 0 Å². The van der Waals surface area contributed by atoms with E-state index in [0.717, 1.165) is 24.3 Å². The predicted molar refractivity (Wildman–Crippen MR) is 102 cm³/mol. The van der Waals surface area contributed by atoms with Crippen LogP contribution in [0.4, 0.5) is 17.6 Å². The zero-order valence-electron chi connectivity index (χ0n) is 15.1. The van der Waals surface area contributed by atoms with Crippen LogP contribution in [0.1, 0.15) is 39.1 Å². The van der Waals surface area contributed by atoms with E-state index in [1.807, 2.05) is 0 Å². The third-order valence-corrected chi connectivity index (χ3v) is 5.17. The van der Waals surface area contributed by atoms with Crippen molar-refractivity contribution in [2.45, 2.75) is 25.1 Å². The molecule has 154 valence electrons. The normalized spacial score (nSPS) is 17.1. The molecule has 2 aromatic carbocycles. The van der Waals surface area contributed by atoms with Crippen molar-refractivity contribution in [2.75, 3.05) is 13.1 Å². The number of alkyl halides is 3. The lowest BCUT2D eigenvalue weighted by molar-refractivity contribution is -0.137. The Morgan fingerprint density at radius 3 is 2.45 bits per heavy atom. The molecule has 1 N–H and O–H groups in total. The zero-order valence-corrected chi connectivity index (χ0v) is 16.7. The molecule has 0 bridgehead atoms. The van der Waals surface area contributed by atoms with Gasteiger partial charge in [-0.3, -0.25) is 9.59 Å². The lowest BCUT2D eigenvalue weighted by atomic mass is 10.0. The predicted octanol–water partition coefficient (Wildman–Crippen LogP) is 4.64. The third kappa shape index (κ3) is 5.14. The van der Waals surface area contributed by atoms with Crippen LogP contribution in [0, 0.1) is 5.82 Å². The number of nitrogens with one attached hydrogen (secondary N) is 1. The molecule has 0 radical (unpaired) electrons. The van der Waals surface area contributed by atoms with Crippen molar-refractivity contribution in [3.05, 3.63) is 69.4 Å². The van der Waals surface area contributed by atoms with Gasteiger partial charge in [0, 0.05) is 29.2 Å². The maximum Gasteiger partial charge on any atom is 0.416 e. The first-order chi connectivity index (χ1) is 13.6. The van der Waals surface area contributed by atoms with Gasteiger partial charge in [-0.05, 0) is 55.3 Å². The lowest BCUT2D eigenvalue weighted by Gasteiger charge is -2.33. The number of hydrogen-bond donors (Lipinski definition) is 1. The Balaban J connectivity index is 1.65. The highest BCUT2D eigenvalue weighted by Crippen LogP contribution is 2.29. The highest BCUT2D eigenvalue weighted by atomic mass is 79.9. The minimum atomic E-state index is -4.47. The number of amides is 2. The third-order valence-electron chi connectivity index (χ3n) is 4.68. The number of piperidine rings is 1. The Labute approximate surface area is 173 Å². The molecule has 2 aromatic rings. The van der Waals surface area contributed by atoms with E-state index >= 15 is 0 Å². The summed E-state index contributed by atoms with van der Waals surface area (Å²) in [7, 11) is 0. The van der Waals surface area contributed by atoms with Crippen LogP contribution in [0.2, 0.25) is 0 Å². The number of hydrogen-bond acceptors (Lipinski definition) is 2. The van der Waals surface area contributed by atoms with E-state index in [4.69, 9.17) is 0 Å². The van der Waals surface area contributed by atoms with Gasteiger partial charge in [0.25, 0.3) is 11.8 Å². The Hall–Kier alpha value is -2.42.